The van der Waals surface area contributed by atoms with E-state index in [2.05, 4.69) is 15.6 Å². The van der Waals surface area contributed by atoms with E-state index in [4.69, 9.17) is 0 Å². The molecule has 0 spiro atoms. The molecule has 0 aliphatic carbocycles. The molecule has 0 bridgehead atoms. The lowest BCUT2D eigenvalue weighted by Gasteiger charge is -2.09. The number of amides is 1. The Bertz CT molecular complexity index is 768. The van der Waals surface area contributed by atoms with Crippen LogP contribution in [-0.2, 0) is 6.54 Å². The number of benzene rings is 1. The van der Waals surface area contributed by atoms with E-state index < -0.39 is 0 Å². The van der Waals surface area contributed by atoms with Gasteiger partial charge in [-0.2, -0.15) is 0 Å². The molecule has 3 rings (SSSR count). The normalized spacial score (nSPS) is 10.5. The fraction of sp³-hybridized carbons (Fsp3) is 0.125. The first-order valence-electron chi connectivity index (χ1n) is 6.66. The van der Waals surface area contributed by atoms with Gasteiger partial charge in [0.05, 0.1) is 17.6 Å². The minimum atomic E-state index is -0.0847. The van der Waals surface area contributed by atoms with Crippen molar-refractivity contribution in [3.8, 4) is 0 Å². The molecule has 1 amide bonds. The van der Waals surface area contributed by atoms with Crippen LogP contribution in [0.15, 0.2) is 47.8 Å². The molecule has 0 atom stereocenters. The van der Waals surface area contributed by atoms with Crippen molar-refractivity contribution in [2.24, 2.45) is 0 Å². The Morgan fingerprint density at radius 2 is 2.10 bits per heavy atom. The van der Waals surface area contributed by atoms with E-state index in [0.29, 0.717) is 17.9 Å². The van der Waals surface area contributed by atoms with Crippen LogP contribution in [0.4, 0.5) is 5.82 Å². The lowest BCUT2D eigenvalue weighted by atomic mass is 10.1. The number of carbonyl (C=O) groups excluding carboxylic acids is 1. The molecule has 0 saturated heterocycles. The van der Waals surface area contributed by atoms with Gasteiger partial charge in [-0.1, -0.05) is 24.3 Å². The van der Waals surface area contributed by atoms with Crippen LogP contribution in [0.25, 0.3) is 10.9 Å². The number of aromatic nitrogens is 1. The minimum absolute atomic E-state index is 0.0847. The maximum absolute atomic E-state index is 12.5. The highest BCUT2D eigenvalue weighted by Gasteiger charge is 2.12. The van der Waals surface area contributed by atoms with Gasteiger partial charge in [0, 0.05) is 17.3 Å². The summed E-state index contributed by atoms with van der Waals surface area (Å²) < 4.78 is 0. The van der Waals surface area contributed by atoms with Gasteiger partial charge in [-0.15, -0.1) is 11.3 Å². The predicted octanol–water partition coefficient (Wildman–Crippen LogP) is 3.27. The molecule has 5 heteroatoms. The first-order valence-corrected chi connectivity index (χ1v) is 7.54. The quantitative estimate of drug-likeness (QED) is 0.777. The first-order chi connectivity index (χ1) is 10.3. The number of carbonyl (C=O) groups is 1. The van der Waals surface area contributed by atoms with Gasteiger partial charge in [-0.05, 0) is 23.6 Å². The van der Waals surface area contributed by atoms with Crippen LogP contribution in [0, 0.1) is 0 Å². The molecule has 0 aliphatic heterocycles. The van der Waals surface area contributed by atoms with E-state index in [1.807, 2.05) is 41.8 Å². The number of fused-ring (bicyclic) bond motifs is 1. The molecule has 4 nitrogen and oxygen atoms in total. The maximum atomic E-state index is 12.5. The van der Waals surface area contributed by atoms with Gasteiger partial charge in [-0.3, -0.25) is 4.79 Å². The van der Waals surface area contributed by atoms with Gasteiger partial charge in [-0.25, -0.2) is 4.98 Å². The van der Waals surface area contributed by atoms with E-state index >= 15 is 0 Å². The van der Waals surface area contributed by atoms with Crippen LogP contribution < -0.4 is 10.6 Å². The maximum Gasteiger partial charge on any atom is 0.252 e. The van der Waals surface area contributed by atoms with E-state index in [1.165, 1.54) is 0 Å². The summed E-state index contributed by atoms with van der Waals surface area (Å²) in [5, 5.41) is 8.82. The smallest absolute Gasteiger partial charge is 0.252 e. The minimum Gasteiger partial charge on any atom is -0.373 e. The molecule has 0 unspecified atom stereocenters. The van der Waals surface area contributed by atoms with Crippen molar-refractivity contribution in [2.45, 2.75) is 6.54 Å². The van der Waals surface area contributed by atoms with Gasteiger partial charge >= 0.3 is 0 Å². The molecule has 0 radical (unpaired) electrons. The molecule has 106 valence electrons. The SMILES string of the molecule is CNc1cc(C(=O)NCc2cccs2)c2ccccc2n1. The Morgan fingerprint density at radius 1 is 1.24 bits per heavy atom. The lowest BCUT2D eigenvalue weighted by Crippen LogP contribution is -2.22. The third kappa shape index (κ3) is 2.87. The van der Waals surface area contributed by atoms with Crippen LogP contribution >= 0.6 is 11.3 Å². The number of rotatable bonds is 4. The Kier molecular flexibility index (Phi) is 3.83. The zero-order valence-corrected chi connectivity index (χ0v) is 12.4. The van der Waals surface area contributed by atoms with Crippen molar-refractivity contribution >= 4 is 34.0 Å². The number of nitrogens with one attached hydrogen (secondary N) is 2. The number of hydrogen-bond acceptors (Lipinski definition) is 4. The fourth-order valence-electron chi connectivity index (χ4n) is 2.17. The Morgan fingerprint density at radius 3 is 2.86 bits per heavy atom. The standard InChI is InChI=1S/C16H15N3OS/c1-17-15-9-13(12-6-2-3-7-14(12)19-15)16(20)18-10-11-5-4-8-21-11/h2-9H,10H2,1H3,(H,17,19)(H,18,20). The topological polar surface area (TPSA) is 54.0 Å². The summed E-state index contributed by atoms with van der Waals surface area (Å²) in [5.41, 5.74) is 1.45. The third-order valence-corrected chi connectivity index (χ3v) is 4.10. The van der Waals surface area contributed by atoms with Gasteiger partial charge < -0.3 is 10.6 Å². The van der Waals surface area contributed by atoms with E-state index in [9.17, 15) is 4.79 Å². The summed E-state index contributed by atoms with van der Waals surface area (Å²) in [6.07, 6.45) is 0. The third-order valence-electron chi connectivity index (χ3n) is 3.22. The second-order valence-electron chi connectivity index (χ2n) is 4.58. The van der Waals surface area contributed by atoms with Gasteiger partial charge in [0.25, 0.3) is 5.91 Å². The molecule has 0 fully saturated rings. The van der Waals surface area contributed by atoms with Gasteiger partial charge in [0.15, 0.2) is 0 Å². The van der Waals surface area contributed by atoms with Gasteiger partial charge in [0.1, 0.15) is 5.82 Å². The van der Waals surface area contributed by atoms with Crippen LogP contribution in [-0.4, -0.2) is 17.9 Å². The molecule has 2 aromatic heterocycles. The summed E-state index contributed by atoms with van der Waals surface area (Å²) in [6, 6.07) is 13.4. The van der Waals surface area contributed by atoms with Crippen LogP contribution in [0.3, 0.4) is 0 Å². The monoisotopic (exact) mass is 297 g/mol. The average molecular weight is 297 g/mol. The van der Waals surface area contributed by atoms with Crippen molar-refractivity contribution < 1.29 is 4.79 Å². The lowest BCUT2D eigenvalue weighted by molar-refractivity contribution is 0.0953. The van der Waals surface area contributed by atoms with Gasteiger partial charge in [0.2, 0.25) is 0 Å². The van der Waals surface area contributed by atoms with Crippen molar-refractivity contribution in [3.63, 3.8) is 0 Å². The zero-order valence-electron chi connectivity index (χ0n) is 11.6. The largest absolute Gasteiger partial charge is 0.373 e. The highest BCUT2D eigenvalue weighted by molar-refractivity contribution is 7.09. The highest BCUT2D eigenvalue weighted by Crippen LogP contribution is 2.20. The number of nitrogens with zero attached hydrogens (tertiary/aromatic N) is 1. The molecular formula is C16H15N3OS. The molecule has 3 aromatic rings. The second-order valence-corrected chi connectivity index (χ2v) is 5.62. The predicted molar refractivity (Wildman–Crippen MR) is 86.8 cm³/mol. The molecular weight excluding hydrogens is 282 g/mol. The summed E-state index contributed by atoms with van der Waals surface area (Å²) >= 11 is 1.63. The average Bonchev–Trinajstić information content (AvgIpc) is 3.05. The van der Waals surface area contributed by atoms with Crippen molar-refractivity contribution in [1.82, 2.24) is 10.3 Å². The highest BCUT2D eigenvalue weighted by atomic mass is 32.1. The Hall–Kier alpha value is -2.40. The number of anilines is 1. The number of hydrogen-bond donors (Lipinski definition) is 2. The molecule has 0 aliphatic rings. The summed E-state index contributed by atoms with van der Waals surface area (Å²) in [5.74, 6) is 0.605. The fourth-order valence-corrected chi connectivity index (χ4v) is 2.81. The first kappa shape index (κ1) is 13.6. The van der Waals surface area contributed by atoms with E-state index in [-0.39, 0.29) is 5.91 Å². The van der Waals surface area contributed by atoms with Crippen LogP contribution in [0.2, 0.25) is 0 Å². The number of thiophene rings is 1. The second kappa shape index (κ2) is 5.93. The van der Waals surface area contributed by atoms with Crippen molar-refractivity contribution in [3.05, 3.63) is 58.3 Å². The molecule has 1 aromatic carbocycles. The Balaban J connectivity index is 1.92. The van der Waals surface area contributed by atoms with Crippen LogP contribution in [0.5, 0.6) is 0 Å². The van der Waals surface area contributed by atoms with Crippen LogP contribution in [0.1, 0.15) is 15.2 Å². The van der Waals surface area contributed by atoms with Crippen molar-refractivity contribution in [1.29, 1.82) is 0 Å². The Labute approximate surface area is 126 Å². The van der Waals surface area contributed by atoms with Crippen molar-refractivity contribution in [2.75, 3.05) is 12.4 Å². The summed E-state index contributed by atoms with van der Waals surface area (Å²) in [6.45, 7) is 0.544. The molecule has 0 saturated carbocycles. The molecule has 2 N–H and O–H groups in total. The number of pyridine rings is 1. The molecule has 21 heavy (non-hydrogen) atoms. The molecule has 2 heterocycles. The summed E-state index contributed by atoms with van der Waals surface area (Å²) in [7, 11) is 1.80. The zero-order chi connectivity index (χ0) is 14.7. The summed E-state index contributed by atoms with van der Waals surface area (Å²) in [4.78, 5) is 18.1. The van der Waals surface area contributed by atoms with E-state index in [0.717, 1.165) is 15.8 Å². The van der Waals surface area contributed by atoms with E-state index in [1.54, 1.807) is 24.5 Å². The number of para-hydroxylation sites is 1.